The van der Waals surface area contributed by atoms with Gasteiger partial charge in [-0.15, -0.1) is 0 Å². The lowest BCUT2D eigenvalue weighted by atomic mass is 10.1. The first-order chi connectivity index (χ1) is 11.5. The fourth-order valence-corrected chi connectivity index (χ4v) is 2.99. The molecule has 0 aliphatic rings. The van der Waals surface area contributed by atoms with Gasteiger partial charge in [-0.2, -0.15) is 5.10 Å². The number of hydrogen-bond donors (Lipinski definition) is 2. The highest BCUT2D eigenvalue weighted by atomic mass is 19.1. The highest BCUT2D eigenvalue weighted by molar-refractivity contribution is 5.88. The molecule has 0 saturated heterocycles. The van der Waals surface area contributed by atoms with Gasteiger partial charge in [-0.3, -0.25) is 9.48 Å². The van der Waals surface area contributed by atoms with E-state index < -0.39 is 0 Å². The summed E-state index contributed by atoms with van der Waals surface area (Å²) >= 11 is 0. The number of halogens is 1. The molecule has 0 aliphatic carbocycles. The Kier molecular flexibility index (Phi) is 4.38. The molecule has 126 valence electrons. The van der Waals surface area contributed by atoms with Crippen LogP contribution in [0.1, 0.15) is 36.2 Å². The van der Waals surface area contributed by atoms with Gasteiger partial charge in [0.05, 0.1) is 5.52 Å². The first kappa shape index (κ1) is 16.2. The van der Waals surface area contributed by atoms with E-state index in [0.717, 1.165) is 27.7 Å². The molecule has 0 radical (unpaired) electrons. The minimum absolute atomic E-state index is 0.126. The first-order valence-electron chi connectivity index (χ1n) is 8.05. The molecule has 24 heavy (non-hydrogen) atoms. The van der Waals surface area contributed by atoms with E-state index in [1.165, 1.54) is 12.1 Å². The molecule has 0 aliphatic heterocycles. The topological polar surface area (TPSA) is 62.7 Å². The smallest absolute Gasteiger partial charge is 0.245 e. The molecule has 1 amide bonds. The quantitative estimate of drug-likeness (QED) is 0.754. The van der Waals surface area contributed by atoms with Crippen molar-refractivity contribution in [1.29, 1.82) is 0 Å². The van der Waals surface area contributed by atoms with Gasteiger partial charge in [-0.25, -0.2) is 4.39 Å². The van der Waals surface area contributed by atoms with E-state index in [4.69, 9.17) is 0 Å². The van der Waals surface area contributed by atoms with E-state index in [9.17, 15) is 9.18 Å². The van der Waals surface area contributed by atoms with Crippen LogP contribution in [0.25, 0.3) is 10.9 Å². The number of carbonyl (C=O) groups is 1. The Morgan fingerprint density at radius 1 is 1.42 bits per heavy atom. The van der Waals surface area contributed by atoms with Crippen molar-refractivity contribution in [3.05, 3.63) is 53.2 Å². The van der Waals surface area contributed by atoms with Crippen molar-refractivity contribution in [1.82, 2.24) is 20.1 Å². The molecule has 0 spiro atoms. The minimum atomic E-state index is -0.365. The number of nitrogens with zero attached hydrogens (tertiary/aromatic N) is 2. The van der Waals surface area contributed by atoms with Crippen LogP contribution in [0.15, 0.2) is 30.6 Å². The van der Waals surface area contributed by atoms with Crippen LogP contribution in [-0.2, 0) is 11.3 Å². The van der Waals surface area contributed by atoms with E-state index in [1.807, 2.05) is 20.8 Å². The average molecular weight is 328 g/mol. The Labute approximate surface area is 139 Å². The molecule has 2 aromatic heterocycles. The summed E-state index contributed by atoms with van der Waals surface area (Å²) in [5.74, 6) is -0.424. The molecule has 6 heteroatoms. The summed E-state index contributed by atoms with van der Waals surface area (Å²) in [7, 11) is 0. The summed E-state index contributed by atoms with van der Waals surface area (Å²) in [4.78, 5) is 15.7. The number of aryl methyl sites for hydroxylation is 2. The zero-order valence-electron chi connectivity index (χ0n) is 14.1. The summed E-state index contributed by atoms with van der Waals surface area (Å²) in [5.41, 5.74) is 3.65. The molecule has 2 heterocycles. The molecule has 0 saturated carbocycles. The third-order valence-electron chi connectivity index (χ3n) is 4.45. The number of nitrogens with one attached hydrogen (secondary N) is 2. The second-order valence-corrected chi connectivity index (χ2v) is 5.99. The Hall–Kier alpha value is -2.63. The van der Waals surface area contributed by atoms with E-state index in [2.05, 4.69) is 15.4 Å². The SMILES string of the molecule is CC[C@@H](C(=O)NCc1cc(F)cc2c(C)c(C)[nH]c12)n1cccn1. The number of aromatic nitrogens is 3. The highest BCUT2D eigenvalue weighted by Gasteiger charge is 2.19. The van der Waals surface area contributed by atoms with Gasteiger partial charge in [-0.1, -0.05) is 6.92 Å². The van der Waals surface area contributed by atoms with Gasteiger partial charge in [0.15, 0.2) is 0 Å². The Bertz CT molecular complexity index is 867. The Morgan fingerprint density at radius 2 is 2.21 bits per heavy atom. The van der Waals surface area contributed by atoms with Crippen molar-refractivity contribution in [2.45, 2.75) is 39.8 Å². The number of hydrogen-bond acceptors (Lipinski definition) is 2. The number of carbonyl (C=O) groups excluding carboxylic acids is 1. The van der Waals surface area contributed by atoms with E-state index in [0.29, 0.717) is 6.42 Å². The van der Waals surface area contributed by atoms with Gasteiger partial charge >= 0.3 is 0 Å². The second-order valence-electron chi connectivity index (χ2n) is 5.99. The number of rotatable bonds is 5. The number of benzene rings is 1. The summed E-state index contributed by atoms with van der Waals surface area (Å²) in [6, 6.07) is 4.41. The van der Waals surface area contributed by atoms with E-state index in [-0.39, 0.29) is 24.3 Å². The van der Waals surface area contributed by atoms with Crippen LogP contribution in [0.3, 0.4) is 0 Å². The zero-order chi connectivity index (χ0) is 17.3. The number of H-pyrrole nitrogens is 1. The monoisotopic (exact) mass is 328 g/mol. The third kappa shape index (κ3) is 2.91. The molecule has 0 fully saturated rings. The van der Waals surface area contributed by atoms with Gasteiger partial charge in [0, 0.05) is 30.0 Å². The van der Waals surface area contributed by atoms with Crippen molar-refractivity contribution < 1.29 is 9.18 Å². The van der Waals surface area contributed by atoms with Crippen LogP contribution in [0.4, 0.5) is 4.39 Å². The van der Waals surface area contributed by atoms with Crippen LogP contribution >= 0.6 is 0 Å². The van der Waals surface area contributed by atoms with Crippen LogP contribution in [0.2, 0.25) is 0 Å². The number of fused-ring (bicyclic) bond motifs is 1. The molecular formula is C18H21FN4O. The maximum atomic E-state index is 13.9. The van der Waals surface area contributed by atoms with Crippen LogP contribution in [0.5, 0.6) is 0 Å². The lowest BCUT2D eigenvalue weighted by Crippen LogP contribution is -2.32. The maximum absolute atomic E-state index is 13.9. The Morgan fingerprint density at radius 3 is 2.88 bits per heavy atom. The molecule has 1 aromatic carbocycles. The van der Waals surface area contributed by atoms with Crippen LogP contribution in [-0.4, -0.2) is 20.7 Å². The standard InChI is InChI=1S/C18H21FN4O/c1-4-16(23-7-5-6-21-23)18(24)20-10-13-8-14(19)9-15-11(2)12(3)22-17(13)15/h5-9,16,22H,4,10H2,1-3H3,(H,20,24)/t16-/m0/s1. The van der Waals surface area contributed by atoms with Gasteiger partial charge < -0.3 is 10.3 Å². The molecule has 1 atom stereocenters. The summed E-state index contributed by atoms with van der Waals surface area (Å²) in [6.07, 6.45) is 4.05. The highest BCUT2D eigenvalue weighted by Crippen LogP contribution is 2.25. The molecule has 0 bridgehead atoms. The summed E-state index contributed by atoms with van der Waals surface area (Å²) in [6.45, 7) is 6.12. The molecule has 3 aromatic rings. The second kappa shape index (κ2) is 6.47. The zero-order valence-corrected chi connectivity index (χ0v) is 14.1. The van der Waals surface area contributed by atoms with Crippen LogP contribution in [0, 0.1) is 19.7 Å². The van der Waals surface area contributed by atoms with Crippen LogP contribution < -0.4 is 5.32 Å². The molecule has 0 unspecified atom stereocenters. The largest absolute Gasteiger partial charge is 0.358 e. The molecule has 5 nitrogen and oxygen atoms in total. The minimum Gasteiger partial charge on any atom is -0.358 e. The Balaban J connectivity index is 1.83. The predicted octanol–water partition coefficient (Wildman–Crippen LogP) is 3.39. The van der Waals surface area contributed by atoms with Crippen molar-refractivity contribution >= 4 is 16.8 Å². The molecule has 2 N–H and O–H groups in total. The van der Waals surface area contributed by atoms with Gasteiger partial charge in [-0.05, 0) is 49.6 Å². The van der Waals surface area contributed by atoms with Gasteiger partial charge in [0.1, 0.15) is 11.9 Å². The van der Waals surface area contributed by atoms with Crippen molar-refractivity contribution in [2.75, 3.05) is 0 Å². The number of aromatic amines is 1. The van der Waals surface area contributed by atoms with Crippen molar-refractivity contribution in [2.24, 2.45) is 0 Å². The number of amides is 1. The lowest BCUT2D eigenvalue weighted by molar-refractivity contribution is -0.124. The molecule has 3 rings (SSSR count). The van der Waals surface area contributed by atoms with Gasteiger partial charge in [0.2, 0.25) is 5.91 Å². The average Bonchev–Trinajstić information content (AvgIpc) is 3.17. The summed E-state index contributed by atoms with van der Waals surface area (Å²) < 4.78 is 15.6. The third-order valence-corrected chi connectivity index (χ3v) is 4.45. The molecular weight excluding hydrogens is 307 g/mol. The fraction of sp³-hybridized carbons (Fsp3) is 0.333. The van der Waals surface area contributed by atoms with Crippen molar-refractivity contribution in [3.63, 3.8) is 0 Å². The van der Waals surface area contributed by atoms with Gasteiger partial charge in [0.25, 0.3) is 0 Å². The first-order valence-corrected chi connectivity index (χ1v) is 8.05. The summed E-state index contributed by atoms with van der Waals surface area (Å²) in [5, 5.41) is 7.89. The maximum Gasteiger partial charge on any atom is 0.245 e. The van der Waals surface area contributed by atoms with E-state index >= 15 is 0 Å². The fourth-order valence-electron chi connectivity index (χ4n) is 2.99. The lowest BCUT2D eigenvalue weighted by Gasteiger charge is -2.16. The van der Waals surface area contributed by atoms with Crippen molar-refractivity contribution in [3.8, 4) is 0 Å². The normalized spacial score (nSPS) is 12.5. The van der Waals surface area contributed by atoms with E-state index in [1.54, 1.807) is 23.1 Å². The predicted molar refractivity (Wildman–Crippen MR) is 91.1 cm³/mol.